The predicted molar refractivity (Wildman–Crippen MR) is 77.2 cm³/mol. The molecule has 2 saturated heterocycles. The van der Waals surface area contributed by atoms with Crippen LogP contribution in [0.3, 0.4) is 0 Å². The number of nitrogens with one attached hydrogen (secondary N) is 1. The first kappa shape index (κ1) is 14.8. The topological polar surface area (TPSA) is 38.8 Å². The molecule has 2 rings (SSSR count). The number of hydrogen-bond donors (Lipinski definition) is 1. The van der Waals surface area contributed by atoms with Gasteiger partial charge in [0.1, 0.15) is 0 Å². The Morgan fingerprint density at radius 3 is 2.47 bits per heavy atom. The lowest BCUT2D eigenvalue weighted by atomic mass is 9.99. The summed E-state index contributed by atoms with van der Waals surface area (Å²) in [6.07, 6.45) is 2.30. The van der Waals surface area contributed by atoms with Crippen molar-refractivity contribution in [3.05, 3.63) is 0 Å². The number of hydrogen-bond acceptors (Lipinski definition) is 4. The fourth-order valence-electron chi connectivity index (χ4n) is 2.87. The monoisotopic (exact) mass is 268 g/mol. The van der Waals surface area contributed by atoms with Crippen molar-refractivity contribution in [3.63, 3.8) is 0 Å². The van der Waals surface area contributed by atoms with Crippen molar-refractivity contribution < 1.29 is 4.79 Å². The molecule has 19 heavy (non-hydrogen) atoms. The SMILES string of the molecule is CC1CC(NCC(=O)N2CCN(C)CC2)CCN1C. The zero-order chi connectivity index (χ0) is 13.8. The molecule has 0 radical (unpaired) electrons. The highest BCUT2D eigenvalue weighted by atomic mass is 16.2. The quantitative estimate of drug-likeness (QED) is 0.771. The minimum absolute atomic E-state index is 0.264. The van der Waals surface area contributed by atoms with Crippen molar-refractivity contribution in [2.24, 2.45) is 0 Å². The van der Waals surface area contributed by atoms with Crippen LogP contribution in [0.25, 0.3) is 0 Å². The Balaban J connectivity index is 1.69. The van der Waals surface area contributed by atoms with E-state index in [1.807, 2.05) is 4.90 Å². The second-order valence-corrected chi connectivity index (χ2v) is 6.12. The number of carbonyl (C=O) groups is 1. The van der Waals surface area contributed by atoms with Gasteiger partial charge in [0.05, 0.1) is 6.54 Å². The summed E-state index contributed by atoms with van der Waals surface area (Å²) in [6, 6.07) is 1.12. The highest BCUT2D eigenvalue weighted by molar-refractivity contribution is 5.78. The van der Waals surface area contributed by atoms with Gasteiger partial charge in [-0.15, -0.1) is 0 Å². The van der Waals surface area contributed by atoms with Crippen LogP contribution in [-0.4, -0.2) is 86.1 Å². The van der Waals surface area contributed by atoms with Gasteiger partial charge in [-0.3, -0.25) is 4.79 Å². The summed E-state index contributed by atoms with van der Waals surface area (Å²) in [7, 11) is 4.29. The Morgan fingerprint density at radius 2 is 1.84 bits per heavy atom. The first-order valence-corrected chi connectivity index (χ1v) is 7.46. The fourth-order valence-corrected chi connectivity index (χ4v) is 2.87. The number of piperidine rings is 1. The van der Waals surface area contributed by atoms with Crippen molar-refractivity contribution in [1.29, 1.82) is 0 Å². The smallest absolute Gasteiger partial charge is 0.236 e. The summed E-state index contributed by atoms with van der Waals surface area (Å²) in [5.41, 5.74) is 0. The van der Waals surface area contributed by atoms with E-state index >= 15 is 0 Å². The number of nitrogens with zero attached hydrogens (tertiary/aromatic N) is 3. The van der Waals surface area contributed by atoms with Gasteiger partial charge < -0.3 is 20.0 Å². The lowest BCUT2D eigenvalue weighted by Gasteiger charge is -2.36. The molecule has 2 fully saturated rings. The third kappa shape index (κ3) is 4.16. The molecular formula is C14H28N4O. The Hall–Kier alpha value is -0.650. The summed E-state index contributed by atoms with van der Waals surface area (Å²) in [5.74, 6) is 0.264. The van der Waals surface area contributed by atoms with Gasteiger partial charge in [0.15, 0.2) is 0 Å². The van der Waals surface area contributed by atoms with Gasteiger partial charge in [-0.05, 0) is 40.4 Å². The van der Waals surface area contributed by atoms with E-state index in [4.69, 9.17) is 0 Å². The van der Waals surface area contributed by atoms with Crippen molar-refractivity contribution in [2.45, 2.75) is 31.8 Å². The molecule has 0 spiro atoms. The first-order chi connectivity index (χ1) is 9.06. The third-order valence-electron chi connectivity index (χ3n) is 4.61. The molecule has 2 aliphatic rings. The molecule has 0 aliphatic carbocycles. The summed E-state index contributed by atoms with van der Waals surface area (Å²) in [4.78, 5) is 18.8. The van der Waals surface area contributed by atoms with Crippen LogP contribution < -0.4 is 5.32 Å². The Labute approximate surface area is 116 Å². The zero-order valence-corrected chi connectivity index (χ0v) is 12.6. The summed E-state index contributed by atoms with van der Waals surface area (Å²) >= 11 is 0. The van der Waals surface area contributed by atoms with Gasteiger partial charge >= 0.3 is 0 Å². The maximum Gasteiger partial charge on any atom is 0.236 e. The van der Waals surface area contributed by atoms with Gasteiger partial charge in [-0.2, -0.15) is 0 Å². The standard InChI is InChI=1S/C14H28N4O/c1-12-10-13(4-5-17(12)3)15-11-14(19)18-8-6-16(2)7-9-18/h12-13,15H,4-11H2,1-3H3. The Kier molecular flexibility index (Phi) is 5.19. The van der Waals surface area contributed by atoms with E-state index in [0.29, 0.717) is 18.6 Å². The van der Waals surface area contributed by atoms with Crippen molar-refractivity contribution >= 4 is 5.91 Å². The summed E-state index contributed by atoms with van der Waals surface area (Å²) in [6.45, 7) is 7.64. The molecular weight excluding hydrogens is 240 g/mol. The number of amides is 1. The second kappa shape index (κ2) is 6.68. The molecule has 110 valence electrons. The third-order valence-corrected chi connectivity index (χ3v) is 4.61. The number of likely N-dealkylation sites (tertiary alicyclic amines) is 1. The zero-order valence-electron chi connectivity index (χ0n) is 12.6. The fraction of sp³-hybridized carbons (Fsp3) is 0.929. The molecule has 1 N–H and O–H groups in total. The molecule has 2 aliphatic heterocycles. The minimum atomic E-state index is 0.264. The Bertz CT molecular complexity index is 302. The van der Waals surface area contributed by atoms with E-state index in [-0.39, 0.29) is 5.91 Å². The first-order valence-electron chi connectivity index (χ1n) is 7.46. The van der Waals surface area contributed by atoms with E-state index < -0.39 is 0 Å². The van der Waals surface area contributed by atoms with E-state index in [1.54, 1.807) is 0 Å². The van der Waals surface area contributed by atoms with Gasteiger partial charge in [-0.25, -0.2) is 0 Å². The number of piperazine rings is 1. The van der Waals surface area contributed by atoms with Gasteiger partial charge in [0, 0.05) is 38.3 Å². The number of likely N-dealkylation sites (N-methyl/N-ethyl adjacent to an activating group) is 1. The molecule has 0 aromatic heterocycles. The molecule has 1 amide bonds. The van der Waals surface area contributed by atoms with E-state index in [9.17, 15) is 4.79 Å². The van der Waals surface area contributed by atoms with Gasteiger partial charge in [0.25, 0.3) is 0 Å². The molecule has 2 unspecified atom stereocenters. The van der Waals surface area contributed by atoms with Crippen molar-refractivity contribution in [3.8, 4) is 0 Å². The number of carbonyl (C=O) groups excluding carboxylic acids is 1. The highest BCUT2D eigenvalue weighted by Crippen LogP contribution is 2.15. The summed E-state index contributed by atoms with van der Waals surface area (Å²) in [5, 5.41) is 3.45. The molecule has 5 heteroatoms. The lowest BCUT2D eigenvalue weighted by molar-refractivity contribution is -0.132. The van der Waals surface area contributed by atoms with Crippen LogP contribution in [0.4, 0.5) is 0 Å². The molecule has 0 bridgehead atoms. The summed E-state index contributed by atoms with van der Waals surface area (Å²) < 4.78 is 0. The molecule has 2 heterocycles. The molecule has 0 aromatic rings. The normalized spacial score (nSPS) is 30.6. The predicted octanol–water partition coefficient (Wildman–Crippen LogP) is -0.167. The van der Waals surface area contributed by atoms with E-state index in [1.165, 1.54) is 0 Å². The maximum atomic E-state index is 12.1. The average molecular weight is 268 g/mol. The molecule has 5 nitrogen and oxygen atoms in total. The van der Waals surface area contributed by atoms with Crippen LogP contribution in [0, 0.1) is 0 Å². The van der Waals surface area contributed by atoms with Crippen molar-refractivity contribution in [2.75, 3.05) is 53.4 Å². The number of rotatable bonds is 3. The van der Waals surface area contributed by atoms with Crippen LogP contribution in [-0.2, 0) is 4.79 Å². The van der Waals surface area contributed by atoms with Gasteiger partial charge in [0.2, 0.25) is 5.91 Å². The van der Waals surface area contributed by atoms with E-state index in [2.05, 4.69) is 36.1 Å². The second-order valence-electron chi connectivity index (χ2n) is 6.12. The Morgan fingerprint density at radius 1 is 1.16 bits per heavy atom. The van der Waals surface area contributed by atoms with Gasteiger partial charge in [-0.1, -0.05) is 0 Å². The largest absolute Gasteiger partial charge is 0.339 e. The average Bonchev–Trinajstić information content (AvgIpc) is 2.40. The maximum absolute atomic E-state index is 12.1. The minimum Gasteiger partial charge on any atom is -0.339 e. The van der Waals surface area contributed by atoms with Crippen LogP contribution in [0.15, 0.2) is 0 Å². The van der Waals surface area contributed by atoms with Crippen LogP contribution in [0.1, 0.15) is 19.8 Å². The molecule has 0 aromatic carbocycles. The molecule has 2 atom stereocenters. The van der Waals surface area contributed by atoms with Crippen LogP contribution >= 0.6 is 0 Å². The van der Waals surface area contributed by atoms with Crippen LogP contribution in [0.2, 0.25) is 0 Å². The van der Waals surface area contributed by atoms with E-state index in [0.717, 1.165) is 45.6 Å². The van der Waals surface area contributed by atoms with Crippen molar-refractivity contribution in [1.82, 2.24) is 20.0 Å². The highest BCUT2D eigenvalue weighted by Gasteiger charge is 2.24. The lowest BCUT2D eigenvalue weighted by Crippen LogP contribution is -2.52. The van der Waals surface area contributed by atoms with Crippen LogP contribution in [0.5, 0.6) is 0 Å². The molecule has 0 saturated carbocycles.